The molecule has 144 valence electrons. The molecule has 0 saturated carbocycles. The number of aryl methyl sites for hydroxylation is 1. The second-order valence-electron chi connectivity index (χ2n) is 5.42. The molecular formula is C16H28ClN3O4S. The van der Waals surface area contributed by atoms with Crippen LogP contribution in [0.1, 0.15) is 25.8 Å². The molecule has 0 aromatic heterocycles. The summed E-state index contributed by atoms with van der Waals surface area (Å²) in [5, 5.41) is 2.70. The highest BCUT2D eigenvalue weighted by atomic mass is 35.5. The summed E-state index contributed by atoms with van der Waals surface area (Å²) in [6, 6.07) is 4.85. The van der Waals surface area contributed by atoms with Crippen molar-refractivity contribution in [3.8, 4) is 0 Å². The van der Waals surface area contributed by atoms with Gasteiger partial charge in [0, 0.05) is 32.4 Å². The fourth-order valence-corrected chi connectivity index (χ4v) is 4.05. The van der Waals surface area contributed by atoms with Crippen LogP contribution >= 0.6 is 12.4 Å². The summed E-state index contributed by atoms with van der Waals surface area (Å²) in [5.41, 5.74) is 6.57. The van der Waals surface area contributed by atoms with E-state index in [0.717, 1.165) is 0 Å². The van der Waals surface area contributed by atoms with Gasteiger partial charge in [0.2, 0.25) is 15.9 Å². The number of hydrogen-bond acceptors (Lipinski definition) is 5. The molecule has 0 fully saturated rings. The van der Waals surface area contributed by atoms with E-state index in [4.69, 9.17) is 10.5 Å². The summed E-state index contributed by atoms with van der Waals surface area (Å²) in [5.74, 6) is -0.276. The molecule has 0 radical (unpaired) electrons. The predicted molar refractivity (Wildman–Crippen MR) is 102 cm³/mol. The molecule has 0 aliphatic carbocycles. The molecule has 0 heterocycles. The Hall–Kier alpha value is -1.19. The molecule has 1 amide bonds. The van der Waals surface area contributed by atoms with Crippen LogP contribution in [0.25, 0.3) is 0 Å². The van der Waals surface area contributed by atoms with E-state index in [1.807, 2.05) is 0 Å². The molecule has 0 aliphatic heterocycles. The standard InChI is InChI=1S/C16H27N3O4S.ClH/c1-5-19(6-2)24(21,22)15-9-13(8-7-12(15)3)18-16(20)10-14(11-17)23-4;/h7-9,14H,5-6,10-11,17H2,1-4H3,(H,18,20);1H. The maximum absolute atomic E-state index is 12.7. The van der Waals surface area contributed by atoms with Crippen LogP contribution in [0.15, 0.2) is 23.1 Å². The van der Waals surface area contributed by atoms with Crippen LogP contribution in [-0.2, 0) is 19.6 Å². The first-order chi connectivity index (χ1) is 11.3. The molecule has 1 aromatic rings. The molecule has 0 aliphatic rings. The van der Waals surface area contributed by atoms with Crippen molar-refractivity contribution in [3.63, 3.8) is 0 Å². The van der Waals surface area contributed by atoms with Crippen molar-refractivity contribution in [1.29, 1.82) is 0 Å². The molecule has 0 spiro atoms. The molecule has 9 heteroatoms. The molecule has 7 nitrogen and oxygen atoms in total. The third-order valence-electron chi connectivity index (χ3n) is 3.80. The summed E-state index contributed by atoms with van der Waals surface area (Å²) in [4.78, 5) is 12.2. The maximum atomic E-state index is 12.7. The lowest BCUT2D eigenvalue weighted by atomic mass is 10.2. The van der Waals surface area contributed by atoms with Gasteiger partial charge in [0.1, 0.15) is 0 Å². The first-order valence-electron chi connectivity index (χ1n) is 7.93. The van der Waals surface area contributed by atoms with Crippen molar-refractivity contribution >= 4 is 34.0 Å². The Labute approximate surface area is 156 Å². The van der Waals surface area contributed by atoms with Gasteiger partial charge in [-0.2, -0.15) is 4.31 Å². The Morgan fingerprint density at radius 1 is 1.32 bits per heavy atom. The summed E-state index contributed by atoms with van der Waals surface area (Å²) in [6.07, 6.45) is -0.256. The average Bonchev–Trinajstić information content (AvgIpc) is 2.55. The monoisotopic (exact) mass is 393 g/mol. The minimum atomic E-state index is -3.59. The van der Waals surface area contributed by atoms with Gasteiger partial charge < -0.3 is 15.8 Å². The molecule has 0 bridgehead atoms. The third-order valence-corrected chi connectivity index (χ3v) is 6.00. The van der Waals surface area contributed by atoms with E-state index < -0.39 is 10.0 Å². The molecule has 0 saturated heterocycles. The number of sulfonamides is 1. The number of carbonyl (C=O) groups is 1. The first kappa shape index (κ1) is 23.8. The smallest absolute Gasteiger partial charge is 0.243 e. The molecule has 25 heavy (non-hydrogen) atoms. The van der Waals surface area contributed by atoms with Crippen molar-refractivity contribution in [2.24, 2.45) is 5.73 Å². The molecule has 3 N–H and O–H groups in total. The molecular weight excluding hydrogens is 366 g/mol. The van der Waals surface area contributed by atoms with Crippen molar-refractivity contribution in [2.75, 3.05) is 32.1 Å². The number of amides is 1. The van der Waals surface area contributed by atoms with E-state index >= 15 is 0 Å². The fourth-order valence-electron chi connectivity index (χ4n) is 2.34. The summed E-state index contributed by atoms with van der Waals surface area (Å²) < 4.78 is 31.9. The maximum Gasteiger partial charge on any atom is 0.243 e. The van der Waals surface area contributed by atoms with E-state index in [9.17, 15) is 13.2 Å². The Balaban J connectivity index is 0.00000576. The number of nitrogens with two attached hydrogens (primary N) is 1. The number of ether oxygens (including phenoxy) is 1. The van der Waals surface area contributed by atoms with Crippen molar-refractivity contribution < 1.29 is 17.9 Å². The topological polar surface area (TPSA) is 102 Å². The van der Waals surface area contributed by atoms with E-state index in [1.54, 1.807) is 32.9 Å². The minimum absolute atomic E-state index is 0. The molecule has 1 unspecified atom stereocenters. The van der Waals surface area contributed by atoms with Gasteiger partial charge in [-0.05, 0) is 24.6 Å². The third kappa shape index (κ3) is 6.23. The number of benzene rings is 1. The number of anilines is 1. The quantitative estimate of drug-likeness (QED) is 0.665. The van der Waals surface area contributed by atoms with E-state index in [-0.39, 0.29) is 42.3 Å². The Bertz CT molecular complexity index is 659. The van der Waals surface area contributed by atoms with Gasteiger partial charge >= 0.3 is 0 Å². The minimum Gasteiger partial charge on any atom is -0.380 e. The largest absolute Gasteiger partial charge is 0.380 e. The predicted octanol–water partition coefficient (Wildman–Crippen LogP) is 1.75. The van der Waals surface area contributed by atoms with E-state index in [1.165, 1.54) is 17.5 Å². The number of methoxy groups -OCH3 is 1. The Kier molecular flexibility index (Phi) is 10.2. The number of nitrogens with zero attached hydrogens (tertiary/aromatic N) is 1. The highest BCUT2D eigenvalue weighted by Crippen LogP contribution is 2.23. The van der Waals surface area contributed by atoms with Crippen molar-refractivity contribution in [1.82, 2.24) is 4.31 Å². The van der Waals surface area contributed by atoms with Gasteiger partial charge in [-0.25, -0.2) is 8.42 Å². The molecule has 1 atom stereocenters. The van der Waals surface area contributed by atoms with Gasteiger partial charge in [0.05, 0.1) is 17.4 Å². The highest BCUT2D eigenvalue weighted by molar-refractivity contribution is 7.89. The second-order valence-corrected chi connectivity index (χ2v) is 7.32. The number of rotatable bonds is 9. The SMILES string of the molecule is CCN(CC)S(=O)(=O)c1cc(NC(=O)CC(CN)OC)ccc1C.Cl. The van der Waals surface area contributed by atoms with Gasteiger partial charge in [-0.1, -0.05) is 19.9 Å². The first-order valence-corrected chi connectivity index (χ1v) is 9.37. The Morgan fingerprint density at radius 3 is 2.40 bits per heavy atom. The van der Waals surface area contributed by atoms with Crippen LogP contribution in [0.2, 0.25) is 0 Å². The van der Waals surface area contributed by atoms with Crippen molar-refractivity contribution in [2.45, 2.75) is 38.2 Å². The zero-order valence-corrected chi connectivity index (χ0v) is 16.7. The molecule has 1 rings (SSSR count). The number of halogens is 1. The summed E-state index contributed by atoms with van der Waals surface area (Å²) >= 11 is 0. The van der Waals surface area contributed by atoms with E-state index in [2.05, 4.69) is 5.32 Å². The highest BCUT2D eigenvalue weighted by Gasteiger charge is 2.24. The second kappa shape index (κ2) is 10.7. The van der Waals surface area contributed by atoms with Crippen LogP contribution in [0.5, 0.6) is 0 Å². The normalized spacial score (nSPS) is 12.6. The van der Waals surface area contributed by atoms with E-state index in [0.29, 0.717) is 24.3 Å². The number of nitrogens with one attached hydrogen (secondary N) is 1. The fraction of sp³-hybridized carbons (Fsp3) is 0.562. The van der Waals surface area contributed by atoms with Gasteiger partial charge in [0.15, 0.2) is 0 Å². The Morgan fingerprint density at radius 2 is 1.92 bits per heavy atom. The summed E-state index contributed by atoms with van der Waals surface area (Å²) in [7, 11) is -2.09. The lowest BCUT2D eigenvalue weighted by Gasteiger charge is -2.20. The van der Waals surface area contributed by atoms with Crippen molar-refractivity contribution in [3.05, 3.63) is 23.8 Å². The van der Waals surface area contributed by atoms with Crippen LogP contribution in [0, 0.1) is 6.92 Å². The van der Waals surface area contributed by atoms with Crippen LogP contribution in [0.3, 0.4) is 0 Å². The van der Waals surface area contributed by atoms with Crippen LogP contribution < -0.4 is 11.1 Å². The van der Waals surface area contributed by atoms with Gasteiger partial charge in [-0.15, -0.1) is 12.4 Å². The number of hydrogen-bond donors (Lipinski definition) is 2. The van der Waals surface area contributed by atoms with Crippen LogP contribution in [0.4, 0.5) is 5.69 Å². The lowest BCUT2D eigenvalue weighted by molar-refractivity contribution is -0.118. The summed E-state index contributed by atoms with van der Waals surface area (Å²) in [6.45, 7) is 6.33. The van der Waals surface area contributed by atoms with Gasteiger partial charge in [-0.3, -0.25) is 4.79 Å². The zero-order chi connectivity index (χ0) is 18.3. The average molecular weight is 394 g/mol. The van der Waals surface area contributed by atoms with Gasteiger partial charge in [0.25, 0.3) is 0 Å². The van der Waals surface area contributed by atoms with Crippen LogP contribution in [-0.4, -0.2) is 51.5 Å². The lowest BCUT2D eigenvalue weighted by Crippen LogP contribution is -2.31. The molecule has 1 aromatic carbocycles. The number of carbonyl (C=O) groups excluding carboxylic acids is 1. The zero-order valence-electron chi connectivity index (χ0n) is 15.1.